The Kier molecular flexibility index (Phi) is 15.0. The van der Waals surface area contributed by atoms with Gasteiger partial charge in [-0.15, -0.1) is 0 Å². The number of esters is 1. The number of aliphatic hydroxyl groups excluding tert-OH is 2. The second kappa shape index (κ2) is 15.3. The van der Waals surface area contributed by atoms with Gasteiger partial charge in [0, 0.05) is 13.2 Å². The average molecular weight is 458 g/mol. The Morgan fingerprint density at radius 3 is 2.16 bits per heavy atom. The minimum absolute atomic E-state index is 0.0188. The maximum absolute atomic E-state index is 13.3. The quantitative estimate of drug-likeness (QED) is 0.181. The van der Waals surface area contributed by atoms with Crippen LogP contribution in [0.2, 0.25) is 0 Å². The predicted octanol–water partition coefficient (Wildman–Crippen LogP) is 5.72. The van der Waals surface area contributed by atoms with E-state index < -0.39 is 11.5 Å². The molecule has 0 amide bonds. The Labute approximate surface area is 199 Å². The van der Waals surface area contributed by atoms with Crippen LogP contribution in [-0.4, -0.2) is 48.6 Å². The molecule has 3 unspecified atom stereocenters. The Bertz CT molecular complexity index is 500. The number of hydrogen-bond acceptors (Lipinski definition) is 5. The molecule has 0 rings (SSSR count). The Morgan fingerprint density at radius 2 is 1.59 bits per heavy atom. The first kappa shape index (κ1) is 31.4. The number of aliphatic hydroxyl groups is 2. The van der Waals surface area contributed by atoms with Gasteiger partial charge in [0.1, 0.15) is 12.7 Å². The van der Waals surface area contributed by atoms with Crippen LogP contribution in [0.3, 0.4) is 0 Å². The lowest BCUT2D eigenvalue weighted by molar-refractivity contribution is -0.168. The third-order valence-corrected chi connectivity index (χ3v) is 7.54. The van der Waals surface area contributed by atoms with E-state index in [9.17, 15) is 9.90 Å². The van der Waals surface area contributed by atoms with Crippen LogP contribution in [0.1, 0.15) is 113 Å². The first-order valence-electron chi connectivity index (χ1n) is 13.0. The standard InChI is InChI=1S/C27H55NO4/c1-9-10-13-16-22(2)26(6,7)21-27(8,25(3,4)5)24(31)32-20-23(30)19-28-17-14-11-12-15-18-29/h22-23,28-30H,9-21H2,1-8H3. The van der Waals surface area contributed by atoms with Gasteiger partial charge in [-0.2, -0.15) is 0 Å². The van der Waals surface area contributed by atoms with Crippen LogP contribution in [0, 0.1) is 22.2 Å². The van der Waals surface area contributed by atoms with Gasteiger partial charge in [-0.1, -0.05) is 87.0 Å². The number of carbonyl (C=O) groups excluding carboxylic acids is 1. The number of nitrogens with one attached hydrogen (secondary N) is 1. The van der Waals surface area contributed by atoms with Crippen LogP contribution in [0.25, 0.3) is 0 Å². The van der Waals surface area contributed by atoms with Crippen molar-refractivity contribution in [2.45, 2.75) is 119 Å². The zero-order chi connectivity index (χ0) is 24.8. The van der Waals surface area contributed by atoms with Crippen LogP contribution in [0.5, 0.6) is 0 Å². The molecule has 0 aliphatic rings. The maximum atomic E-state index is 13.3. The van der Waals surface area contributed by atoms with E-state index in [1.54, 1.807) is 0 Å². The van der Waals surface area contributed by atoms with Gasteiger partial charge in [0.25, 0.3) is 0 Å². The lowest BCUT2D eigenvalue weighted by atomic mass is 9.58. The second-order valence-corrected chi connectivity index (χ2v) is 11.7. The summed E-state index contributed by atoms with van der Waals surface area (Å²) in [4.78, 5) is 13.3. The fraction of sp³-hybridized carbons (Fsp3) is 0.963. The minimum atomic E-state index is -0.707. The minimum Gasteiger partial charge on any atom is -0.462 e. The number of carbonyl (C=O) groups is 1. The van der Waals surface area contributed by atoms with Gasteiger partial charge in [0.15, 0.2) is 0 Å². The molecule has 0 spiro atoms. The van der Waals surface area contributed by atoms with Gasteiger partial charge < -0.3 is 20.3 Å². The van der Waals surface area contributed by atoms with Crippen LogP contribution < -0.4 is 5.32 Å². The van der Waals surface area contributed by atoms with E-state index in [2.05, 4.69) is 53.8 Å². The van der Waals surface area contributed by atoms with E-state index in [-0.39, 0.29) is 30.0 Å². The summed E-state index contributed by atoms with van der Waals surface area (Å²) >= 11 is 0. The summed E-state index contributed by atoms with van der Waals surface area (Å²) in [5.74, 6) is 0.317. The first-order chi connectivity index (χ1) is 14.8. The molecule has 0 aromatic carbocycles. The van der Waals surface area contributed by atoms with Crippen molar-refractivity contribution < 1.29 is 19.7 Å². The Morgan fingerprint density at radius 1 is 0.969 bits per heavy atom. The van der Waals surface area contributed by atoms with Crippen LogP contribution in [-0.2, 0) is 9.53 Å². The zero-order valence-corrected chi connectivity index (χ0v) is 22.6. The highest BCUT2D eigenvalue weighted by molar-refractivity contribution is 5.77. The van der Waals surface area contributed by atoms with Crippen molar-refractivity contribution in [2.75, 3.05) is 26.3 Å². The largest absolute Gasteiger partial charge is 0.462 e. The summed E-state index contributed by atoms with van der Waals surface area (Å²) < 4.78 is 5.67. The zero-order valence-electron chi connectivity index (χ0n) is 22.6. The first-order valence-corrected chi connectivity index (χ1v) is 13.0. The van der Waals surface area contributed by atoms with Crippen molar-refractivity contribution in [1.82, 2.24) is 5.32 Å². The molecular weight excluding hydrogens is 402 g/mol. The monoisotopic (exact) mass is 457 g/mol. The van der Waals surface area contributed by atoms with Crippen LogP contribution >= 0.6 is 0 Å². The molecular formula is C27H55NO4. The highest BCUT2D eigenvalue weighted by atomic mass is 16.5. The molecule has 192 valence electrons. The van der Waals surface area contributed by atoms with Crippen molar-refractivity contribution in [3.63, 3.8) is 0 Å². The van der Waals surface area contributed by atoms with E-state index in [4.69, 9.17) is 9.84 Å². The third kappa shape index (κ3) is 11.5. The summed E-state index contributed by atoms with van der Waals surface area (Å²) in [5.41, 5.74) is -0.859. The maximum Gasteiger partial charge on any atom is 0.312 e. The van der Waals surface area contributed by atoms with Crippen LogP contribution in [0.15, 0.2) is 0 Å². The average Bonchev–Trinajstić information content (AvgIpc) is 2.70. The molecule has 0 aliphatic carbocycles. The van der Waals surface area contributed by atoms with Gasteiger partial charge >= 0.3 is 5.97 Å². The smallest absolute Gasteiger partial charge is 0.312 e. The summed E-state index contributed by atoms with van der Waals surface area (Å²) in [7, 11) is 0. The molecule has 0 bridgehead atoms. The molecule has 3 N–H and O–H groups in total. The van der Waals surface area contributed by atoms with Crippen molar-refractivity contribution in [2.24, 2.45) is 22.2 Å². The van der Waals surface area contributed by atoms with E-state index in [1.165, 1.54) is 25.7 Å². The topological polar surface area (TPSA) is 78.8 Å². The van der Waals surface area contributed by atoms with E-state index >= 15 is 0 Å². The van der Waals surface area contributed by atoms with Gasteiger partial charge in [0.05, 0.1) is 5.41 Å². The van der Waals surface area contributed by atoms with Crippen LogP contribution in [0.4, 0.5) is 0 Å². The Balaban J connectivity index is 4.77. The van der Waals surface area contributed by atoms with Gasteiger partial charge in [-0.25, -0.2) is 0 Å². The predicted molar refractivity (Wildman–Crippen MR) is 135 cm³/mol. The summed E-state index contributed by atoms with van der Waals surface area (Å²) in [6.07, 6.45) is 8.90. The van der Waals surface area contributed by atoms with Crippen molar-refractivity contribution in [1.29, 1.82) is 0 Å². The fourth-order valence-corrected chi connectivity index (χ4v) is 4.19. The van der Waals surface area contributed by atoms with Crippen molar-refractivity contribution >= 4 is 5.97 Å². The lowest BCUT2D eigenvalue weighted by Gasteiger charge is -2.46. The number of unbranched alkanes of at least 4 members (excludes halogenated alkanes) is 5. The normalized spacial score (nSPS) is 16.4. The highest BCUT2D eigenvalue weighted by Gasteiger charge is 2.49. The second-order valence-electron chi connectivity index (χ2n) is 11.7. The fourth-order valence-electron chi connectivity index (χ4n) is 4.19. The molecule has 0 aromatic heterocycles. The SMILES string of the molecule is CCCCCC(C)C(C)(C)CC(C)(C(=O)OCC(O)CNCCCCCCO)C(C)(C)C. The molecule has 0 aromatic rings. The molecule has 0 saturated heterocycles. The Hall–Kier alpha value is -0.650. The number of hydrogen-bond donors (Lipinski definition) is 3. The molecule has 32 heavy (non-hydrogen) atoms. The number of ether oxygens (including phenoxy) is 1. The molecule has 0 fully saturated rings. The third-order valence-electron chi connectivity index (χ3n) is 7.54. The molecule has 5 nitrogen and oxygen atoms in total. The number of rotatable bonds is 18. The van der Waals surface area contributed by atoms with Gasteiger partial charge in [-0.3, -0.25) is 4.79 Å². The van der Waals surface area contributed by atoms with Crippen molar-refractivity contribution in [3.8, 4) is 0 Å². The van der Waals surface area contributed by atoms with Gasteiger partial charge in [0.2, 0.25) is 0 Å². The summed E-state index contributed by atoms with van der Waals surface area (Å²) in [5, 5.41) is 22.3. The van der Waals surface area contributed by atoms with Gasteiger partial charge in [-0.05, 0) is 49.5 Å². The lowest BCUT2D eigenvalue weighted by Crippen LogP contribution is -2.46. The van der Waals surface area contributed by atoms with Crippen molar-refractivity contribution in [3.05, 3.63) is 0 Å². The molecule has 0 heterocycles. The highest BCUT2D eigenvalue weighted by Crippen LogP contribution is 2.50. The molecule has 0 radical (unpaired) electrons. The van der Waals surface area contributed by atoms with E-state index in [0.717, 1.165) is 38.6 Å². The van der Waals surface area contributed by atoms with E-state index in [1.807, 2.05) is 6.92 Å². The molecule has 5 heteroatoms. The molecule has 0 aliphatic heterocycles. The summed E-state index contributed by atoms with van der Waals surface area (Å²) in [6, 6.07) is 0. The molecule has 3 atom stereocenters. The summed E-state index contributed by atoms with van der Waals surface area (Å²) in [6.45, 7) is 19.0. The van der Waals surface area contributed by atoms with E-state index in [0.29, 0.717) is 12.5 Å². The molecule has 0 saturated carbocycles.